The first kappa shape index (κ1) is 21.9. The second-order valence-electron chi connectivity index (χ2n) is 6.98. The van der Waals surface area contributed by atoms with E-state index in [2.05, 4.69) is 10.1 Å². The lowest BCUT2D eigenvalue weighted by Gasteiger charge is -2.44. The molecule has 0 unspecified atom stereocenters. The number of carbonyl (C=O) groups excluding carboxylic acids is 3. The van der Waals surface area contributed by atoms with Crippen LogP contribution in [0.2, 0.25) is 0 Å². The van der Waals surface area contributed by atoms with Crippen molar-refractivity contribution in [2.24, 2.45) is 5.92 Å². The molecule has 11 heteroatoms. The number of benzene rings is 1. The molecule has 2 atom stereocenters. The van der Waals surface area contributed by atoms with E-state index in [1.54, 1.807) is 13.8 Å². The van der Waals surface area contributed by atoms with Gasteiger partial charge in [-0.15, -0.1) is 0 Å². The predicted molar refractivity (Wildman–Crippen MR) is 97.7 cm³/mol. The molecule has 1 heterocycles. The third-order valence-corrected chi connectivity index (χ3v) is 4.77. The molecule has 1 aromatic rings. The van der Waals surface area contributed by atoms with Crippen molar-refractivity contribution in [1.29, 1.82) is 0 Å². The Morgan fingerprint density at radius 1 is 1.31 bits per heavy atom. The summed E-state index contributed by atoms with van der Waals surface area (Å²) < 4.78 is 10.2. The number of nitro benzene ring substituents is 1. The van der Waals surface area contributed by atoms with Crippen molar-refractivity contribution >= 4 is 29.1 Å². The fraction of sp³-hybridized carbons (Fsp3) is 0.444. The molecule has 0 radical (unpaired) electrons. The van der Waals surface area contributed by atoms with Gasteiger partial charge in [-0.05, 0) is 31.5 Å². The van der Waals surface area contributed by atoms with Gasteiger partial charge in [0.15, 0.2) is 0 Å². The number of hydrogen-bond acceptors (Lipinski definition) is 7. The predicted octanol–water partition coefficient (Wildman–Crippen LogP) is 0.808. The van der Waals surface area contributed by atoms with Gasteiger partial charge >= 0.3 is 11.7 Å². The van der Waals surface area contributed by atoms with Gasteiger partial charge in [-0.1, -0.05) is 0 Å². The summed E-state index contributed by atoms with van der Waals surface area (Å²) in [5.74, 6) is -2.84. The highest BCUT2D eigenvalue weighted by Gasteiger charge is 2.51. The van der Waals surface area contributed by atoms with E-state index in [0.717, 1.165) is 0 Å². The first-order chi connectivity index (χ1) is 13.6. The van der Waals surface area contributed by atoms with Crippen molar-refractivity contribution < 1.29 is 33.6 Å². The Morgan fingerprint density at radius 2 is 1.93 bits per heavy atom. The zero-order valence-electron chi connectivity index (χ0n) is 16.1. The van der Waals surface area contributed by atoms with Gasteiger partial charge in [-0.25, -0.2) is 4.79 Å². The molecule has 0 bridgehead atoms. The minimum atomic E-state index is -1.15. The van der Waals surface area contributed by atoms with Gasteiger partial charge in [0, 0.05) is 25.7 Å². The summed E-state index contributed by atoms with van der Waals surface area (Å²) in [7, 11) is 1.45. The molecule has 1 aliphatic heterocycles. The van der Waals surface area contributed by atoms with E-state index >= 15 is 0 Å². The highest BCUT2D eigenvalue weighted by Crippen LogP contribution is 2.32. The first-order valence-electron chi connectivity index (χ1n) is 8.62. The summed E-state index contributed by atoms with van der Waals surface area (Å²) in [5.41, 5.74) is 7.77. The number of hydrogen-bond donors (Lipinski definition) is 1. The Hall–Kier alpha value is -3.43. The molecule has 1 fully saturated rings. The van der Waals surface area contributed by atoms with Crippen LogP contribution in [0.1, 0.15) is 25.8 Å². The second-order valence-corrected chi connectivity index (χ2v) is 6.98. The molecule has 1 aliphatic rings. The maximum Gasteiger partial charge on any atom is 0.441 e. The van der Waals surface area contributed by atoms with E-state index in [1.165, 1.54) is 31.4 Å². The monoisotopic (exact) mass is 404 g/mol. The number of esters is 1. The molecule has 1 N–H and O–H groups in total. The van der Waals surface area contributed by atoms with E-state index in [4.69, 9.17) is 15.0 Å². The van der Waals surface area contributed by atoms with Gasteiger partial charge in [0.25, 0.3) is 11.5 Å². The minimum Gasteiger partial charge on any atom is -0.452 e. The van der Waals surface area contributed by atoms with Crippen LogP contribution in [0.5, 0.6) is 0 Å². The number of nitrogens with one attached hydrogen (secondary N) is 1. The fourth-order valence-electron chi connectivity index (χ4n) is 2.98. The van der Waals surface area contributed by atoms with Crippen LogP contribution < -0.4 is 5.32 Å². The molecule has 0 aliphatic carbocycles. The van der Waals surface area contributed by atoms with E-state index in [1.807, 2.05) is 0 Å². The third-order valence-electron chi connectivity index (χ3n) is 4.77. The van der Waals surface area contributed by atoms with E-state index in [0.29, 0.717) is 5.56 Å². The van der Waals surface area contributed by atoms with Crippen molar-refractivity contribution in [3.05, 3.63) is 45.5 Å². The van der Waals surface area contributed by atoms with Crippen LogP contribution >= 0.6 is 0 Å². The fourth-order valence-corrected chi connectivity index (χ4v) is 2.98. The van der Waals surface area contributed by atoms with Gasteiger partial charge in [0.1, 0.15) is 6.61 Å². The average molecular weight is 404 g/mol. The lowest BCUT2D eigenvalue weighted by atomic mass is 9.75. The van der Waals surface area contributed by atoms with Crippen LogP contribution in [0, 0.1) is 16.0 Å². The smallest absolute Gasteiger partial charge is 0.441 e. The lowest BCUT2D eigenvalue weighted by molar-refractivity contribution is -0.384. The summed E-state index contributed by atoms with van der Waals surface area (Å²) in [6, 6.07) is 4.69. The Balaban J connectivity index is 1.97. The first-order valence-corrected chi connectivity index (χ1v) is 8.62. The highest BCUT2D eigenvalue weighted by molar-refractivity contribution is 6.62. The van der Waals surface area contributed by atoms with Crippen LogP contribution in [0.3, 0.4) is 0 Å². The number of Topliss-reactive ketones (excluding diaryl/α,β-unsaturated/α-hetero) is 1. The van der Waals surface area contributed by atoms with Crippen molar-refractivity contribution in [3.8, 4) is 0 Å². The quantitative estimate of drug-likeness (QED) is 0.0930. The summed E-state index contributed by atoms with van der Waals surface area (Å²) in [4.78, 5) is 49.1. The molecule has 0 aromatic heterocycles. The molecular formula is C18H20N4O7. The van der Waals surface area contributed by atoms with Crippen molar-refractivity contribution in [1.82, 2.24) is 5.32 Å². The number of ether oxygens (including phenoxy) is 2. The Kier molecular flexibility index (Phi) is 6.57. The summed E-state index contributed by atoms with van der Waals surface area (Å²) in [5, 5.41) is 13.2. The number of nitro groups is 1. The number of nitrogens with zero attached hydrogens (tertiary/aromatic N) is 3. The summed E-state index contributed by atoms with van der Waals surface area (Å²) in [6.45, 7) is 3.13. The van der Waals surface area contributed by atoms with Crippen LogP contribution in [0.15, 0.2) is 24.3 Å². The van der Waals surface area contributed by atoms with Crippen LogP contribution in [-0.4, -0.2) is 51.8 Å². The minimum absolute atomic E-state index is 0.121. The highest BCUT2D eigenvalue weighted by atomic mass is 16.6. The maximum atomic E-state index is 12.4. The number of carbonyl (C=O) groups is 3. The molecule has 0 saturated carbocycles. The molecule has 154 valence electrons. The zero-order chi connectivity index (χ0) is 21.8. The second kappa shape index (κ2) is 8.72. The van der Waals surface area contributed by atoms with Crippen LogP contribution in [-0.2, 0) is 30.5 Å². The van der Waals surface area contributed by atoms with Crippen LogP contribution in [0.25, 0.3) is 5.53 Å². The van der Waals surface area contributed by atoms with Gasteiger partial charge < -0.3 is 20.3 Å². The number of rotatable bonds is 9. The van der Waals surface area contributed by atoms with Gasteiger partial charge in [-0.2, -0.15) is 4.79 Å². The van der Waals surface area contributed by atoms with Crippen LogP contribution in [0.4, 0.5) is 5.69 Å². The Labute approximate surface area is 165 Å². The van der Waals surface area contributed by atoms with E-state index in [9.17, 15) is 24.5 Å². The lowest BCUT2D eigenvalue weighted by Crippen LogP contribution is -2.66. The number of non-ortho nitro benzene ring substituents is 1. The normalized spacial score (nSPS) is 18.1. The Morgan fingerprint density at radius 3 is 2.41 bits per heavy atom. The van der Waals surface area contributed by atoms with E-state index in [-0.39, 0.29) is 24.6 Å². The molecule has 0 spiro atoms. The number of methoxy groups -OCH3 is 1. The van der Waals surface area contributed by atoms with Crippen molar-refractivity contribution in [2.75, 3.05) is 7.11 Å². The Bertz CT molecular complexity index is 888. The standard InChI is InChI=1S/C18H20N4O7/c1-18(2,28-3)14-12(20-16(14)24)8-13(23)15(21-19)17(25)29-9-10-4-6-11(7-5-10)22(26)27/h4-7,12,14H,8-9H2,1-3H3,(H,20,24)/t12-,14+/m1/s1. The molecule has 29 heavy (non-hydrogen) atoms. The van der Waals surface area contributed by atoms with Crippen molar-refractivity contribution in [2.45, 2.75) is 38.5 Å². The van der Waals surface area contributed by atoms with E-state index < -0.39 is 39.9 Å². The number of amides is 1. The molecule has 1 aromatic carbocycles. The number of β-lactam (4-membered cyclic amide) rings is 1. The van der Waals surface area contributed by atoms with Crippen molar-refractivity contribution in [3.63, 3.8) is 0 Å². The molecule has 2 rings (SSSR count). The average Bonchev–Trinajstić information content (AvgIpc) is 2.66. The number of ketones is 1. The zero-order valence-corrected chi connectivity index (χ0v) is 16.1. The molecular weight excluding hydrogens is 384 g/mol. The third kappa shape index (κ3) is 4.89. The van der Waals surface area contributed by atoms with Gasteiger partial charge in [0.2, 0.25) is 5.91 Å². The largest absolute Gasteiger partial charge is 0.452 e. The van der Waals surface area contributed by atoms with Gasteiger partial charge in [0.05, 0.1) is 22.5 Å². The molecule has 11 nitrogen and oxygen atoms in total. The molecule has 1 amide bonds. The summed E-state index contributed by atoms with van der Waals surface area (Å²) >= 11 is 0. The topological polar surface area (TPSA) is 161 Å². The van der Waals surface area contributed by atoms with Gasteiger partial charge in [-0.3, -0.25) is 19.7 Å². The SMILES string of the molecule is COC(C)(C)[C@@H]1C(=O)N[C@@H]1CC(=O)C(=[N+]=[N-])C(=O)OCc1ccc([N+](=O)[O-])cc1. The summed E-state index contributed by atoms with van der Waals surface area (Å²) in [6.07, 6.45) is -0.269. The maximum absolute atomic E-state index is 12.4. The molecule has 1 saturated heterocycles.